The Kier molecular flexibility index (Phi) is 5.39. The Labute approximate surface area is 163 Å². The van der Waals surface area contributed by atoms with Crippen LogP contribution in [-0.2, 0) is 0 Å². The van der Waals surface area contributed by atoms with Gasteiger partial charge in [-0.1, -0.05) is 12.5 Å². The molecule has 1 aromatic heterocycles. The predicted molar refractivity (Wildman–Crippen MR) is 107 cm³/mol. The van der Waals surface area contributed by atoms with Crippen LogP contribution in [0.3, 0.4) is 0 Å². The molecule has 0 amide bonds. The van der Waals surface area contributed by atoms with Crippen molar-refractivity contribution in [2.24, 2.45) is 0 Å². The summed E-state index contributed by atoms with van der Waals surface area (Å²) < 4.78 is 27.0. The van der Waals surface area contributed by atoms with E-state index in [1.807, 2.05) is 12.1 Å². The monoisotopic (exact) mass is 384 g/mol. The summed E-state index contributed by atoms with van der Waals surface area (Å²) in [6.45, 7) is 3.68. The van der Waals surface area contributed by atoms with Gasteiger partial charge in [-0.15, -0.1) is 0 Å². The van der Waals surface area contributed by atoms with E-state index in [0.29, 0.717) is 34.6 Å². The number of benzene rings is 2. The zero-order valence-corrected chi connectivity index (χ0v) is 16.0. The lowest BCUT2D eigenvalue weighted by Crippen LogP contribution is -2.33. The molecule has 0 radical (unpaired) electrons. The molecule has 0 aliphatic carbocycles. The molecular formula is C22H25FN2O3. The van der Waals surface area contributed by atoms with E-state index in [1.54, 1.807) is 36.1 Å². The maximum atomic E-state index is 14.1. The Morgan fingerprint density at radius 2 is 1.86 bits per heavy atom. The molecule has 1 N–H and O–H groups in total. The number of aromatic hydroxyl groups is 1. The van der Waals surface area contributed by atoms with Gasteiger partial charge in [-0.2, -0.15) is 0 Å². The predicted octanol–water partition coefficient (Wildman–Crippen LogP) is 4.35. The molecule has 148 valence electrons. The Bertz CT molecular complexity index is 964. The third-order valence-electron chi connectivity index (χ3n) is 5.32. The topological polar surface area (TPSA) is 46.9 Å². The molecule has 1 aliphatic heterocycles. The van der Waals surface area contributed by atoms with Gasteiger partial charge < -0.3 is 14.6 Å². The molecule has 28 heavy (non-hydrogen) atoms. The van der Waals surface area contributed by atoms with E-state index < -0.39 is 0 Å². The Hall–Kier alpha value is -2.73. The van der Waals surface area contributed by atoms with E-state index in [0.717, 1.165) is 19.6 Å². The fourth-order valence-electron chi connectivity index (χ4n) is 3.78. The lowest BCUT2D eigenvalue weighted by atomic mass is 10.1. The quantitative estimate of drug-likeness (QED) is 0.686. The van der Waals surface area contributed by atoms with E-state index in [9.17, 15) is 9.50 Å². The molecule has 1 fully saturated rings. The summed E-state index contributed by atoms with van der Waals surface area (Å²) in [6.07, 6.45) is 5.40. The average Bonchev–Trinajstić information content (AvgIpc) is 3.07. The third kappa shape index (κ3) is 3.64. The van der Waals surface area contributed by atoms with E-state index in [4.69, 9.17) is 9.47 Å². The largest absolute Gasteiger partial charge is 0.494 e. The first kappa shape index (κ1) is 18.6. The first-order valence-electron chi connectivity index (χ1n) is 9.69. The number of piperidine rings is 1. The van der Waals surface area contributed by atoms with Gasteiger partial charge in [-0.3, -0.25) is 9.47 Å². The standard InChI is InChI=1S/C22H25FN2O3/c1-27-20-9-8-16(14-21(20)28-13-12-24-10-3-2-4-11-24)25-15-18-17(22(25)26)6-5-7-19(18)23/h5-9,14-15,26H,2-4,10-13H2,1H3. The number of fused-ring (bicyclic) bond motifs is 1. The minimum Gasteiger partial charge on any atom is -0.494 e. The molecule has 3 aromatic rings. The van der Waals surface area contributed by atoms with Crippen LogP contribution < -0.4 is 9.47 Å². The number of aromatic nitrogens is 1. The van der Waals surface area contributed by atoms with Gasteiger partial charge in [0.25, 0.3) is 0 Å². The van der Waals surface area contributed by atoms with Crippen molar-refractivity contribution >= 4 is 10.8 Å². The Balaban J connectivity index is 1.58. The second kappa shape index (κ2) is 8.10. The molecule has 2 aromatic carbocycles. The lowest BCUT2D eigenvalue weighted by Gasteiger charge is -2.26. The average molecular weight is 384 g/mol. The zero-order valence-electron chi connectivity index (χ0n) is 16.0. The molecule has 1 saturated heterocycles. The number of hydrogen-bond acceptors (Lipinski definition) is 4. The Morgan fingerprint density at radius 3 is 2.61 bits per heavy atom. The van der Waals surface area contributed by atoms with Gasteiger partial charge in [0.15, 0.2) is 11.5 Å². The van der Waals surface area contributed by atoms with Crippen molar-refractivity contribution in [2.45, 2.75) is 19.3 Å². The van der Waals surface area contributed by atoms with Gasteiger partial charge in [-0.05, 0) is 50.2 Å². The normalized spacial score (nSPS) is 15.1. The minimum atomic E-state index is -0.363. The number of nitrogens with zero attached hydrogens (tertiary/aromatic N) is 2. The van der Waals surface area contributed by atoms with Gasteiger partial charge in [-0.25, -0.2) is 4.39 Å². The summed E-state index contributed by atoms with van der Waals surface area (Å²) in [7, 11) is 1.60. The molecule has 6 heteroatoms. The molecule has 0 unspecified atom stereocenters. The highest BCUT2D eigenvalue weighted by Gasteiger charge is 2.15. The van der Waals surface area contributed by atoms with Crippen molar-refractivity contribution in [2.75, 3.05) is 33.4 Å². The molecule has 0 spiro atoms. The van der Waals surface area contributed by atoms with Gasteiger partial charge in [0.1, 0.15) is 12.4 Å². The lowest BCUT2D eigenvalue weighted by molar-refractivity contribution is 0.180. The molecule has 1 aliphatic rings. The molecule has 0 saturated carbocycles. The van der Waals surface area contributed by atoms with E-state index in [1.165, 1.54) is 25.3 Å². The summed E-state index contributed by atoms with van der Waals surface area (Å²) in [5.74, 6) is 0.872. The highest BCUT2D eigenvalue weighted by Crippen LogP contribution is 2.35. The number of methoxy groups -OCH3 is 1. The van der Waals surface area contributed by atoms with Gasteiger partial charge in [0, 0.05) is 29.6 Å². The molecule has 0 bridgehead atoms. The number of rotatable bonds is 6. The highest BCUT2D eigenvalue weighted by atomic mass is 19.1. The van der Waals surface area contributed by atoms with Crippen molar-refractivity contribution in [3.8, 4) is 23.1 Å². The van der Waals surface area contributed by atoms with Crippen molar-refractivity contribution in [1.29, 1.82) is 0 Å². The van der Waals surface area contributed by atoms with E-state index in [2.05, 4.69) is 4.90 Å². The molecule has 4 rings (SSSR count). The van der Waals surface area contributed by atoms with E-state index in [-0.39, 0.29) is 11.7 Å². The molecule has 0 atom stereocenters. The van der Waals surface area contributed by atoms with Gasteiger partial charge in [0.05, 0.1) is 12.8 Å². The highest BCUT2D eigenvalue weighted by molar-refractivity contribution is 5.89. The van der Waals surface area contributed by atoms with Crippen LogP contribution >= 0.6 is 0 Å². The van der Waals surface area contributed by atoms with Crippen LogP contribution in [0.15, 0.2) is 42.6 Å². The molecule has 2 heterocycles. The fraction of sp³-hybridized carbons (Fsp3) is 0.364. The second-order valence-corrected chi connectivity index (χ2v) is 7.11. The number of halogens is 1. The number of likely N-dealkylation sites (tertiary alicyclic amines) is 1. The summed E-state index contributed by atoms with van der Waals surface area (Å²) in [5, 5.41) is 11.4. The summed E-state index contributed by atoms with van der Waals surface area (Å²) in [5.41, 5.74) is 0.682. The van der Waals surface area contributed by atoms with Crippen LogP contribution in [0.4, 0.5) is 4.39 Å². The second-order valence-electron chi connectivity index (χ2n) is 7.11. The molecule has 5 nitrogen and oxygen atoms in total. The molecular weight excluding hydrogens is 359 g/mol. The van der Waals surface area contributed by atoms with E-state index >= 15 is 0 Å². The van der Waals surface area contributed by atoms with Gasteiger partial charge in [0.2, 0.25) is 5.88 Å². The minimum absolute atomic E-state index is 0.000987. The summed E-state index contributed by atoms with van der Waals surface area (Å²) in [6, 6.07) is 10.1. The van der Waals surface area contributed by atoms with Crippen molar-refractivity contribution < 1.29 is 19.0 Å². The number of hydrogen-bond donors (Lipinski definition) is 1. The first-order valence-corrected chi connectivity index (χ1v) is 9.69. The Morgan fingerprint density at radius 1 is 1.04 bits per heavy atom. The third-order valence-corrected chi connectivity index (χ3v) is 5.32. The SMILES string of the molecule is COc1ccc(-n2cc3c(F)cccc3c2O)cc1OCCN1CCCCC1. The van der Waals surface area contributed by atoms with Crippen LogP contribution in [0.25, 0.3) is 16.5 Å². The summed E-state index contributed by atoms with van der Waals surface area (Å²) >= 11 is 0. The van der Waals surface area contributed by atoms with Crippen LogP contribution in [0.2, 0.25) is 0 Å². The zero-order chi connectivity index (χ0) is 19.5. The van der Waals surface area contributed by atoms with Crippen LogP contribution in [-0.4, -0.2) is 47.9 Å². The summed E-state index contributed by atoms with van der Waals surface area (Å²) in [4.78, 5) is 2.41. The first-order chi connectivity index (χ1) is 13.7. The smallest absolute Gasteiger partial charge is 0.203 e. The van der Waals surface area contributed by atoms with Crippen LogP contribution in [0.5, 0.6) is 17.4 Å². The maximum absolute atomic E-state index is 14.1. The van der Waals surface area contributed by atoms with Crippen LogP contribution in [0.1, 0.15) is 19.3 Å². The van der Waals surface area contributed by atoms with Crippen molar-refractivity contribution in [1.82, 2.24) is 9.47 Å². The van der Waals surface area contributed by atoms with Gasteiger partial charge >= 0.3 is 0 Å². The maximum Gasteiger partial charge on any atom is 0.203 e. The fourth-order valence-corrected chi connectivity index (χ4v) is 3.78. The van der Waals surface area contributed by atoms with Crippen molar-refractivity contribution in [3.05, 3.63) is 48.4 Å². The van der Waals surface area contributed by atoms with Crippen molar-refractivity contribution in [3.63, 3.8) is 0 Å². The van der Waals surface area contributed by atoms with Crippen LogP contribution in [0, 0.1) is 5.82 Å². The number of ether oxygens (including phenoxy) is 2.